The highest BCUT2D eigenvalue weighted by molar-refractivity contribution is 5.70. The minimum Gasteiger partial charge on any atom is -0.544 e. The van der Waals surface area contributed by atoms with Crippen LogP contribution in [-0.2, 0) is 28.6 Å². The summed E-state index contributed by atoms with van der Waals surface area (Å²) in [6, 6.07) is -0.729. The van der Waals surface area contributed by atoms with Crippen molar-refractivity contribution in [2.75, 3.05) is 41.0 Å². The molecule has 0 aliphatic heterocycles. The number of carboxylic acids is 1. The fraction of sp³-hybridized carbons (Fsp3) is 0.769. The fourth-order valence-corrected chi connectivity index (χ4v) is 5.04. The van der Waals surface area contributed by atoms with Gasteiger partial charge in [-0.15, -0.1) is 0 Å². The highest BCUT2D eigenvalue weighted by atomic mass is 16.6. The first-order valence-electron chi connectivity index (χ1n) is 18.5. The number of rotatable bonds is 32. The Kier molecular flexibility index (Phi) is 29.2. The van der Waals surface area contributed by atoms with Crippen LogP contribution in [0.15, 0.2) is 36.5 Å². The molecule has 47 heavy (non-hydrogen) atoms. The molecule has 0 aromatic heterocycles. The highest BCUT2D eigenvalue weighted by Crippen LogP contribution is 2.12. The zero-order valence-electron chi connectivity index (χ0n) is 30.7. The van der Waals surface area contributed by atoms with Gasteiger partial charge in [-0.3, -0.25) is 9.59 Å². The van der Waals surface area contributed by atoms with E-state index in [-0.39, 0.29) is 49.1 Å². The van der Waals surface area contributed by atoms with E-state index < -0.39 is 18.1 Å². The van der Waals surface area contributed by atoms with Crippen LogP contribution in [0.1, 0.15) is 142 Å². The number of ether oxygens (including phenoxy) is 3. The van der Waals surface area contributed by atoms with Crippen LogP contribution in [0.4, 0.5) is 0 Å². The average Bonchev–Trinajstić information content (AvgIpc) is 3.01. The van der Waals surface area contributed by atoms with Crippen molar-refractivity contribution >= 4 is 17.9 Å². The van der Waals surface area contributed by atoms with Crippen molar-refractivity contribution < 1.29 is 38.2 Å². The number of aliphatic carboxylic acids is 1. The lowest BCUT2D eigenvalue weighted by Gasteiger charge is -2.34. The van der Waals surface area contributed by atoms with Gasteiger partial charge in [0.25, 0.3) is 0 Å². The summed E-state index contributed by atoms with van der Waals surface area (Å²) >= 11 is 0. The van der Waals surface area contributed by atoms with E-state index in [2.05, 4.69) is 50.3 Å². The Hall–Kier alpha value is -2.45. The molecule has 272 valence electrons. The summed E-state index contributed by atoms with van der Waals surface area (Å²) in [5.74, 6) is -1.79. The average molecular weight is 664 g/mol. The molecular weight excluding hydrogens is 594 g/mol. The molecule has 0 saturated heterocycles. The molecule has 0 bridgehead atoms. The molecule has 0 aliphatic carbocycles. The lowest BCUT2D eigenvalue weighted by atomic mass is 10.1. The summed E-state index contributed by atoms with van der Waals surface area (Å²) < 4.78 is 17.0. The standard InChI is InChI=1S/C39H69NO7/c1-6-8-10-12-14-16-18-20-21-23-25-27-29-37(41)46-34-35(33-45-32-31-36(39(43)44)40(3,4)5)47-38(42)30-28-26-24-22-19-17-15-13-11-9-7-2/h13-17,19,35-36H,6-12,18,20-34H2,1-5H3/b15-13+,16-14+,19-17+. The molecular formula is C39H69NO7. The lowest BCUT2D eigenvalue weighted by Crippen LogP contribution is -2.55. The largest absolute Gasteiger partial charge is 0.544 e. The van der Waals surface area contributed by atoms with Gasteiger partial charge >= 0.3 is 11.9 Å². The second-order valence-electron chi connectivity index (χ2n) is 13.5. The summed E-state index contributed by atoms with van der Waals surface area (Å²) in [6.45, 7) is 4.52. The summed E-state index contributed by atoms with van der Waals surface area (Å²) in [5, 5.41) is 11.6. The Morgan fingerprint density at radius 2 is 1.15 bits per heavy atom. The molecule has 0 amide bonds. The van der Waals surface area contributed by atoms with Crippen LogP contribution in [0.5, 0.6) is 0 Å². The number of carbonyl (C=O) groups excluding carboxylic acids is 3. The molecule has 0 heterocycles. The van der Waals surface area contributed by atoms with E-state index in [9.17, 15) is 19.5 Å². The molecule has 0 aromatic rings. The molecule has 0 radical (unpaired) electrons. The Bertz CT molecular complexity index is 875. The van der Waals surface area contributed by atoms with Gasteiger partial charge < -0.3 is 28.6 Å². The van der Waals surface area contributed by atoms with Gasteiger partial charge in [0, 0.05) is 19.3 Å². The summed E-state index contributed by atoms with van der Waals surface area (Å²) in [6.07, 6.45) is 31.7. The van der Waals surface area contributed by atoms with Gasteiger partial charge in [-0.25, -0.2) is 0 Å². The molecule has 0 spiro atoms. The SMILES string of the molecule is CCCC/C=C/C=C/CCCCCC(=O)OC(COCCC(C(=O)[O-])[N+](C)(C)C)COC(=O)CCCCCCC/C=C/CCCCC. The van der Waals surface area contributed by atoms with Crippen molar-refractivity contribution in [3.05, 3.63) is 36.5 Å². The molecule has 0 aliphatic rings. The maximum atomic E-state index is 12.6. The topological polar surface area (TPSA) is 102 Å². The fourth-order valence-electron chi connectivity index (χ4n) is 5.04. The lowest BCUT2D eigenvalue weighted by molar-refractivity contribution is -0.889. The van der Waals surface area contributed by atoms with Crippen LogP contribution in [0.25, 0.3) is 0 Å². The third-order valence-electron chi connectivity index (χ3n) is 8.03. The predicted molar refractivity (Wildman–Crippen MR) is 190 cm³/mol. The van der Waals surface area contributed by atoms with E-state index in [4.69, 9.17) is 14.2 Å². The number of likely N-dealkylation sites (N-methyl/N-ethyl adjacent to an activating group) is 1. The van der Waals surface area contributed by atoms with Gasteiger partial charge in [0.1, 0.15) is 12.6 Å². The second-order valence-corrected chi connectivity index (χ2v) is 13.5. The van der Waals surface area contributed by atoms with Gasteiger partial charge in [0.2, 0.25) is 0 Å². The van der Waals surface area contributed by atoms with Crippen molar-refractivity contribution in [1.29, 1.82) is 0 Å². The number of hydrogen-bond acceptors (Lipinski definition) is 7. The molecule has 0 aromatic carbocycles. The molecule has 2 unspecified atom stereocenters. The summed E-state index contributed by atoms with van der Waals surface area (Å²) in [5.41, 5.74) is 0. The van der Waals surface area contributed by atoms with Crippen molar-refractivity contribution in [2.24, 2.45) is 0 Å². The van der Waals surface area contributed by atoms with Crippen LogP contribution in [0.2, 0.25) is 0 Å². The molecule has 8 heteroatoms. The maximum Gasteiger partial charge on any atom is 0.306 e. The Morgan fingerprint density at radius 1 is 0.638 bits per heavy atom. The molecule has 8 nitrogen and oxygen atoms in total. The van der Waals surface area contributed by atoms with Gasteiger partial charge in [-0.2, -0.15) is 0 Å². The Labute approximate surface area is 287 Å². The predicted octanol–water partition coefficient (Wildman–Crippen LogP) is 7.79. The molecule has 0 N–H and O–H groups in total. The first kappa shape index (κ1) is 44.5. The second kappa shape index (κ2) is 30.9. The minimum atomic E-state index is -1.13. The number of unbranched alkanes of at least 4 members (excludes halogenated alkanes) is 13. The van der Waals surface area contributed by atoms with E-state index in [1.807, 2.05) is 0 Å². The highest BCUT2D eigenvalue weighted by Gasteiger charge is 2.25. The van der Waals surface area contributed by atoms with Crippen molar-refractivity contribution in [3.63, 3.8) is 0 Å². The van der Waals surface area contributed by atoms with E-state index in [1.165, 1.54) is 44.9 Å². The van der Waals surface area contributed by atoms with Gasteiger partial charge in [0.05, 0.1) is 40.3 Å². The first-order valence-corrected chi connectivity index (χ1v) is 18.5. The van der Waals surface area contributed by atoms with Crippen LogP contribution < -0.4 is 5.11 Å². The quantitative estimate of drug-likeness (QED) is 0.0238. The summed E-state index contributed by atoms with van der Waals surface area (Å²) in [4.78, 5) is 36.5. The number of quaternary nitrogens is 1. The first-order chi connectivity index (χ1) is 22.6. The van der Waals surface area contributed by atoms with Crippen molar-refractivity contribution in [2.45, 2.75) is 154 Å². The van der Waals surface area contributed by atoms with E-state index in [0.29, 0.717) is 6.42 Å². The van der Waals surface area contributed by atoms with Crippen LogP contribution in [0, 0.1) is 0 Å². The number of carboxylic acid groups (broad SMARTS) is 1. The molecule has 2 atom stereocenters. The third-order valence-corrected chi connectivity index (χ3v) is 8.03. The van der Waals surface area contributed by atoms with Crippen LogP contribution >= 0.6 is 0 Å². The van der Waals surface area contributed by atoms with Crippen molar-refractivity contribution in [1.82, 2.24) is 0 Å². The number of nitrogens with zero attached hydrogens (tertiary/aromatic N) is 1. The number of hydrogen-bond donors (Lipinski definition) is 0. The van der Waals surface area contributed by atoms with Crippen molar-refractivity contribution in [3.8, 4) is 0 Å². The van der Waals surface area contributed by atoms with E-state index in [0.717, 1.165) is 64.2 Å². The van der Waals surface area contributed by atoms with Crippen LogP contribution in [0.3, 0.4) is 0 Å². The molecule has 0 fully saturated rings. The van der Waals surface area contributed by atoms with Crippen LogP contribution in [-0.4, -0.2) is 75.5 Å². The number of carbonyl (C=O) groups is 3. The van der Waals surface area contributed by atoms with E-state index in [1.54, 1.807) is 21.1 Å². The molecule has 0 rings (SSSR count). The zero-order chi connectivity index (χ0) is 35.0. The monoisotopic (exact) mass is 664 g/mol. The van der Waals surface area contributed by atoms with Gasteiger partial charge in [-0.05, 0) is 57.8 Å². The van der Waals surface area contributed by atoms with E-state index >= 15 is 0 Å². The Balaban J connectivity index is 4.50. The Morgan fingerprint density at radius 3 is 1.74 bits per heavy atom. The maximum absolute atomic E-state index is 12.6. The van der Waals surface area contributed by atoms with Gasteiger partial charge in [-0.1, -0.05) is 102 Å². The normalized spacial score (nSPS) is 13.5. The minimum absolute atomic E-state index is 0.0273. The molecule has 0 saturated carbocycles. The zero-order valence-corrected chi connectivity index (χ0v) is 30.7. The number of allylic oxidation sites excluding steroid dienone is 6. The summed E-state index contributed by atoms with van der Waals surface area (Å²) in [7, 11) is 5.38. The third kappa shape index (κ3) is 29.4. The smallest absolute Gasteiger partial charge is 0.306 e. The number of esters is 2. The van der Waals surface area contributed by atoms with Gasteiger partial charge in [0.15, 0.2) is 6.10 Å².